The lowest BCUT2D eigenvalue weighted by atomic mass is 10.0. The molecule has 3 aromatic rings. The molecule has 0 amide bonds. The molecule has 1 atom stereocenters. The number of nitrogens with one attached hydrogen (secondary N) is 2. The molecule has 3 heterocycles. The van der Waals surface area contributed by atoms with Crippen LogP contribution in [0.2, 0.25) is 0 Å². The molecule has 1 fully saturated rings. The molecule has 1 aliphatic heterocycles. The molecule has 1 saturated heterocycles. The van der Waals surface area contributed by atoms with Gasteiger partial charge in [-0.1, -0.05) is 18.6 Å². The summed E-state index contributed by atoms with van der Waals surface area (Å²) >= 11 is 4.81. The molecule has 0 bridgehead atoms. The summed E-state index contributed by atoms with van der Waals surface area (Å²) in [5.41, 5.74) is 10.1. The third-order valence-electron chi connectivity index (χ3n) is 5.43. The molecular weight excluding hydrogens is 430 g/mol. The van der Waals surface area contributed by atoms with E-state index in [2.05, 4.69) is 46.8 Å². The minimum Gasteiger partial charge on any atom is -0.383 e. The second-order valence-electron chi connectivity index (χ2n) is 7.61. The van der Waals surface area contributed by atoms with Crippen LogP contribution in [-0.4, -0.2) is 34.6 Å². The Kier molecular flexibility index (Phi) is 6.77. The summed E-state index contributed by atoms with van der Waals surface area (Å²) in [6, 6.07) is 11.3. The van der Waals surface area contributed by atoms with Gasteiger partial charge < -0.3 is 11.1 Å². The minimum absolute atomic E-state index is 0.106. The predicted molar refractivity (Wildman–Crippen MR) is 132 cm³/mol. The van der Waals surface area contributed by atoms with E-state index in [9.17, 15) is 0 Å². The molecule has 1 unspecified atom stereocenters. The number of piperidine rings is 1. The fraction of sp³-hybridized carbons (Fsp3) is 0.364. The van der Waals surface area contributed by atoms with Gasteiger partial charge in [0, 0.05) is 29.2 Å². The first kappa shape index (κ1) is 21.4. The van der Waals surface area contributed by atoms with Gasteiger partial charge in [-0.2, -0.15) is 0 Å². The molecule has 2 aromatic heterocycles. The largest absolute Gasteiger partial charge is 0.383 e. The van der Waals surface area contributed by atoms with Crippen molar-refractivity contribution in [1.29, 1.82) is 5.41 Å². The highest BCUT2D eigenvalue weighted by atomic mass is 32.2. The number of thioether (sulfide) groups is 1. The molecule has 0 aliphatic carbocycles. The number of thiazole rings is 1. The summed E-state index contributed by atoms with van der Waals surface area (Å²) in [6.07, 6.45) is 5.99. The molecule has 8 heteroatoms. The van der Waals surface area contributed by atoms with E-state index in [-0.39, 0.29) is 5.84 Å². The molecule has 0 saturated carbocycles. The molecule has 30 heavy (non-hydrogen) atoms. The molecule has 0 spiro atoms. The Morgan fingerprint density at radius 2 is 2.23 bits per heavy atom. The van der Waals surface area contributed by atoms with Gasteiger partial charge in [0.05, 0.1) is 14.8 Å². The second kappa shape index (κ2) is 9.51. The van der Waals surface area contributed by atoms with Crippen LogP contribution in [0.25, 0.3) is 11.3 Å². The van der Waals surface area contributed by atoms with Gasteiger partial charge in [-0.15, -0.1) is 34.4 Å². The van der Waals surface area contributed by atoms with Crippen LogP contribution in [0.5, 0.6) is 0 Å². The number of nitrogens with zero attached hydrogens (tertiary/aromatic N) is 2. The van der Waals surface area contributed by atoms with E-state index in [1.54, 1.807) is 34.4 Å². The molecule has 5 nitrogen and oxygen atoms in total. The number of nitrogens with two attached hydrogens (primary N) is 1. The highest BCUT2D eigenvalue weighted by molar-refractivity contribution is 8.00. The van der Waals surface area contributed by atoms with Crippen LogP contribution >= 0.6 is 34.4 Å². The lowest BCUT2D eigenvalue weighted by Crippen LogP contribution is -2.36. The first-order valence-electron chi connectivity index (χ1n) is 10.1. The van der Waals surface area contributed by atoms with Crippen LogP contribution in [0.15, 0.2) is 39.9 Å². The number of amidine groups is 1. The van der Waals surface area contributed by atoms with Crippen molar-refractivity contribution in [3.8, 4) is 11.3 Å². The normalized spacial score (nSPS) is 17.2. The van der Waals surface area contributed by atoms with Crippen molar-refractivity contribution in [2.75, 3.05) is 18.1 Å². The molecule has 4 rings (SSSR count). The molecule has 1 aliphatic rings. The second-order valence-corrected chi connectivity index (χ2v) is 10.6. The number of likely N-dealkylation sites (tertiary alicyclic amines) is 1. The Bertz CT molecular complexity index is 1030. The van der Waals surface area contributed by atoms with Crippen molar-refractivity contribution in [3.63, 3.8) is 0 Å². The fourth-order valence-electron chi connectivity index (χ4n) is 3.79. The maximum atomic E-state index is 7.71. The monoisotopic (exact) mass is 457 g/mol. The number of aromatic nitrogens is 1. The van der Waals surface area contributed by atoms with Gasteiger partial charge in [0.2, 0.25) is 0 Å². The summed E-state index contributed by atoms with van der Waals surface area (Å²) in [6.45, 7) is 4.53. The van der Waals surface area contributed by atoms with Crippen LogP contribution < -0.4 is 11.1 Å². The highest BCUT2D eigenvalue weighted by Crippen LogP contribution is 2.39. The quantitative estimate of drug-likeness (QED) is 0.230. The van der Waals surface area contributed by atoms with Gasteiger partial charge >= 0.3 is 0 Å². The van der Waals surface area contributed by atoms with E-state index >= 15 is 0 Å². The van der Waals surface area contributed by atoms with E-state index in [0.717, 1.165) is 37.7 Å². The maximum Gasteiger partial charge on any atom is 0.187 e. The van der Waals surface area contributed by atoms with E-state index in [4.69, 9.17) is 16.1 Å². The first-order valence-corrected chi connectivity index (χ1v) is 13.0. The van der Waals surface area contributed by atoms with Crippen molar-refractivity contribution in [2.24, 2.45) is 5.73 Å². The van der Waals surface area contributed by atoms with E-state index < -0.39 is 0 Å². The van der Waals surface area contributed by atoms with Crippen LogP contribution in [0.3, 0.4) is 0 Å². The smallest absolute Gasteiger partial charge is 0.187 e. The zero-order valence-corrected chi connectivity index (χ0v) is 19.7. The average molecular weight is 458 g/mol. The van der Waals surface area contributed by atoms with Crippen molar-refractivity contribution < 1.29 is 0 Å². The Morgan fingerprint density at radius 3 is 3.00 bits per heavy atom. The van der Waals surface area contributed by atoms with Crippen molar-refractivity contribution >= 4 is 51.1 Å². The Hall–Kier alpha value is -1.87. The zero-order chi connectivity index (χ0) is 21.1. The average Bonchev–Trinajstić information content (AvgIpc) is 3.37. The van der Waals surface area contributed by atoms with Gasteiger partial charge in [0.1, 0.15) is 5.84 Å². The van der Waals surface area contributed by atoms with Crippen LogP contribution in [0, 0.1) is 5.41 Å². The number of thiophene rings is 1. The third kappa shape index (κ3) is 4.88. The van der Waals surface area contributed by atoms with Crippen molar-refractivity contribution in [3.05, 3.63) is 46.2 Å². The summed E-state index contributed by atoms with van der Waals surface area (Å²) < 4.78 is 1.13. The van der Waals surface area contributed by atoms with Gasteiger partial charge in [0.15, 0.2) is 5.13 Å². The van der Waals surface area contributed by atoms with E-state index in [1.165, 1.54) is 31.4 Å². The zero-order valence-electron chi connectivity index (χ0n) is 17.3. The minimum atomic E-state index is 0.106. The van der Waals surface area contributed by atoms with Crippen molar-refractivity contribution in [1.82, 2.24) is 9.88 Å². The lowest BCUT2D eigenvalue weighted by Gasteiger charge is -2.33. The number of hydrogen-bond donors (Lipinski definition) is 3. The summed E-state index contributed by atoms with van der Waals surface area (Å²) in [4.78, 5) is 8.16. The maximum absolute atomic E-state index is 7.71. The molecular formula is C22H27N5S3. The molecule has 158 valence electrons. The van der Waals surface area contributed by atoms with Gasteiger partial charge in [-0.05, 0) is 56.3 Å². The van der Waals surface area contributed by atoms with Gasteiger partial charge in [-0.25, -0.2) is 4.98 Å². The lowest BCUT2D eigenvalue weighted by molar-refractivity contribution is 0.152. The Morgan fingerprint density at radius 1 is 1.37 bits per heavy atom. The van der Waals surface area contributed by atoms with E-state index in [1.807, 2.05) is 12.3 Å². The topological polar surface area (TPSA) is 78.0 Å². The first-order chi connectivity index (χ1) is 14.5. The fourth-order valence-corrected chi connectivity index (χ4v) is 6.27. The summed E-state index contributed by atoms with van der Waals surface area (Å²) in [7, 11) is 0. The van der Waals surface area contributed by atoms with Crippen LogP contribution in [-0.2, 0) is 6.54 Å². The molecule has 0 radical (unpaired) electrons. The number of anilines is 2. The number of hydrogen-bond acceptors (Lipinski definition) is 7. The van der Waals surface area contributed by atoms with E-state index in [0.29, 0.717) is 6.04 Å². The van der Waals surface area contributed by atoms with Crippen LogP contribution in [0.4, 0.5) is 10.8 Å². The Labute approximate surface area is 190 Å². The molecule has 4 N–H and O–H groups in total. The molecule has 1 aromatic carbocycles. The highest BCUT2D eigenvalue weighted by Gasteiger charge is 2.18. The standard InChI is InChI=1S/C22H27N5S3/c1-14-6-3-4-9-27(14)12-15-7-5-8-16(10-15)25-22-26-18(13-29-22)17-11-19(20(23)24)30-21(17)28-2/h5,7-8,10-11,13-14H,3-4,6,9,12H2,1-2H3,(H3,23,24)(H,25,26). The van der Waals surface area contributed by atoms with Gasteiger partial charge in [-0.3, -0.25) is 10.3 Å². The number of benzene rings is 1. The van der Waals surface area contributed by atoms with Crippen LogP contribution in [0.1, 0.15) is 36.6 Å². The number of nitrogen functional groups attached to an aromatic ring is 1. The summed E-state index contributed by atoms with van der Waals surface area (Å²) in [5.74, 6) is 0.106. The number of rotatable bonds is 7. The third-order valence-corrected chi connectivity index (χ3v) is 8.49. The van der Waals surface area contributed by atoms with Gasteiger partial charge in [0.25, 0.3) is 0 Å². The predicted octanol–water partition coefficient (Wildman–Crippen LogP) is 6.00. The Balaban J connectivity index is 1.48. The van der Waals surface area contributed by atoms with Crippen molar-refractivity contribution in [2.45, 2.75) is 43.0 Å². The summed E-state index contributed by atoms with van der Waals surface area (Å²) in [5, 5.41) is 14.1. The SMILES string of the molecule is CSc1sc(C(=N)N)cc1-c1csc(Nc2cccc(CN3CCCCC3C)c2)n1.